The van der Waals surface area contributed by atoms with Crippen LogP contribution in [0.3, 0.4) is 0 Å². The van der Waals surface area contributed by atoms with Gasteiger partial charge in [0, 0.05) is 6.04 Å². The van der Waals surface area contributed by atoms with Crippen LogP contribution in [0, 0.1) is 11.8 Å². The predicted molar refractivity (Wildman–Crippen MR) is 71.5 cm³/mol. The lowest BCUT2D eigenvalue weighted by Gasteiger charge is -2.24. The first kappa shape index (κ1) is 16.7. The Morgan fingerprint density at radius 1 is 1.00 bits per heavy atom. The highest BCUT2D eigenvalue weighted by Gasteiger charge is 2.26. The van der Waals surface area contributed by atoms with Gasteiger partial charge in [0.1, 0.15) is 6.04 Å². The first-order valence-electron chi connectivity index (χ1n) is 6.63. The molecule has 5 heteroatoms. The van der Waals surface area contributed by atoms with Crippen LogP contribution in [0.1, 0.15) is 47.5 Å². The van der Waals surface area contributed by atoms with E-state index in [2.05, 4.69) is 17.6 Å². The maximum Gasteiger partial charge on any atom is 0.326 e. The Bertz CT molecular complexity index is 281. The Balaban J connectivity index is 4.39. The van der Waals surface area contributed by atoms with E-state index in [1.807, 2.05) is 27.7 Å². The van der Waals surface area contributed by atoms with Crippen molar-refractivity contribution < 1.29 is 14.7 Å². The second-order valence-electron chi connectivity index (χ2n) is 4.99. The summed E-state index contributed by atoms with van der Waals surface area (Å²) in [6, 6.07) is -1.21. The van der Waals surface area contributed by atoms with E-state index >= 15 is 0 Å². The largest absolute Gasteiger partial charge is 0.480 e. The second kappa shape index (κ2) is 7.95. The maximum atomic E-state index is 11.7. The Hall–Kier alpha value is -1.26. The van der Waals surface area contributed by atoms with Crippen LogP contribution < -0.4 is 10.6 Å². The summed E-state index contributed by atoms with van der Waals surface area (Å²) in [6.45, 7) is 9.75. The third-order valence-corrected chi connectivity index (χ3v) is 3.62. The minimum atomic E-state index is -0.990. The van der Waals surface area contributed by atoms with Crippen molar-refractivity contribution in [1.29, 1.82) is 0 Å². The van der Waals surface area contributed by atoms with Gasteiger partial charge in [0.25, 0.3) is 0 Å². The van der Waals surface area contributed by atoms with Crippen LogP contribution in [0.15, 0.2) is 0 Å². The summed E-state index contributed by atoms with van der Waals surface area (Å²) >= 11 is 0. The molecule has 0 spiro atoms. The molecule has 0 saturated carbocycles. The van der Waals surface area contributed by atoms with Gasteiger partial charge in [-0.25, -0.2) is 9.59 Å². The lowest BCUT2D eigenvalue weighted by molar-refractivity contribution is -0.140. The molecule has 0 radical (unpaired) electrons. The van der Waals surface area contributed by atoms with Crippen LogP contribution in [0.5, 0.6) is 0 Å². The van der Waals surface area contributed by atoms with E-state index in [9.17, 15) is 9.59 Å². The van der Waals surface area contributed by atoms with E-state index < -0.39 is 18.0 Å². The summed E-state index contributed by atoms with van der Waals surface area (Å²) in [5.41, 5.74) is 0. The molecule has 0 aliphatic carbocycles. The van der Waals surface area contributed by atoms with Crippen LogP contribution in [-0.2, 0) is 4.79 Å². The number of hydrogen-bond acceptors (Lipinski definition) is 2. The van der Waals surface area contributed by atoms with Gasteiger partial charge in [-0.3, -0.25) is 0 Å². The molecular formula is C13H26N2O3. The zero-order valence-electron chi connectivity index (χ0n) is 12.0. The van der Waals surface area contributed by atoms with E-state index in [1.165, 1.54) is 0 Å². The zero-order chi connectivity index (χ0) is 14.3. The standard InChI is InChI=1S/C13H26N2O3/c1-6-8(3)10(5)14-13(18)15-11(12(16)17)9(4)7-2/h8-11H,6-7H2,1-5H3,(H,16,17)(H2,14,15,18)/t8?,9-,10?,11-/m0/s1. The Labute approximate surface area is 109 Å². The highest BCUT2D eigenvalue weighted by atomic mass is 16.4. The number of aliphatic carboxylic acids is 1. The van der Waals surface area contributed by atoms with Gasteiger partial charge in [-0.2, -0.15) is 0 Å². The van der Waals surface area contributed by atoms with E-state index in [4.69, 9.17) is 5.11 Å². The zero-order valence-corrected chi connectivity index (χ0v) is 12.0. The number of nitrogens with one attached hydrogen (secondary N) is 2. The van der Waals surface area contributed by atoms with Crippen molar-refractivity contribution in [3.05, 3.63) is 0 Å². The van der Waals surface area contributed by atoms with Gasteiger partial charge in [0.05, 0.1) is 0 Å². The van der Waals surface area contributed by atoms with Crippen LogP contribution in [0.2, 0.25) is 0 Å². The molecule has 0 heterocycles. The molecular weight excluding hydrogens is 232 g/mol. The van der Waals surface area contributed by atoms with Crippen LogP contribution in [-0.4, -0.2) is 29.2 Å². The number of rotatable bonds is 7. The molecule has 2 unspecified atom stereocenters. The van der Waals surface area contributed by atoms with Crippen LogP contribution >= 0.6 is 0 Å². The Morgan fingerprint density at radius 2 is 1.50 bits per heavy atom. The fourth-order valence-corrected chi connectivity index (χ4v) is 1.57. The lowest BCUT2D eigenvalue weighted by Crippen LogP contribution is -2.51. The summed E-state index contributed by atoms with van der Waals surface area (Å²) in [7, 11) is 0. The minimum Gasteiger partial charge on any atom is -0.480 e. The summed E-state index contributed by atoms with van der Waals surface area (Å²) in [6.07, 6.45) is 1.67. The van der Waals surface area contributed by atoms with Gasteiger partial charge < -0.3 is 15.7 Å². The summed E-state index contributed by atoms with van der Waals surface area (Å²) in [5, 5.41) is 14.4. The Morgan fingerprint density at radius 3 is 1.89 bits per heavy atom. The van der Waals surface area contributed by atoms with Crippen molar-refractivity contribution in [3.63, 3.8) is 0 Å². The number of carboxylic acids is 1. The van der Waals surface area contributed by atoms with E-state index in [-0.39, 0.29) is 12.0 Å². The highest BCUT2D eigenvalue weighted by molar-refractivity contribution is 5.82. The van der Waals surface area contributed by atoms with Gasteiger partial charge >= 0.3 is 12.0 Å². The average Bonchev–Trinajstić information content (AvgIpc) is 2.33. The van der Waals surface area contributed by atoms with Gasteiger partial charge in [-0.15, -0.1) is 0 Å². The van der Waals surface area contributed by atoms with Crippen molar-refractivity contribution >= 4 is 12.0 Å². The van der Waals surface area contributed by atoms with Crippen LogP contribution in [0.4, 0.5) is 4.79 Å². The molecule has 0 aliphatic heterocycles. The molecule has 0 rings (SSSR count). The summed E-state index contributed by atoms with van der Waals surface area (Å²) in [4.78, 5) is 22.8. The van der Waals surface area contributed by atoms with Gasteiger partial charge in [0.15, 0.2) is 0 Å². The maximum absolute atomic E-state index is 11.7. The number of carboxylic acid groups (broad SMARTS) is 1. The van der Waals surface area contributed by atoms with Crippen LogP contribution in [0.25, 0.3) is 0 Å². The van der Waals surface area contributed by atoms with Gasteiger partial charge in [-0.05, 0) is 18.8 Å². The van der Waals surface area contributed by atoms with Gasteiger partial charge in [0.2, 0.25) is 0 Å². The fourth-order valence-electron chi connectivity index (χ4n) is 1.57. The number of urea groups is 1. The molecule has 0 aromatic rings. The fraction of sp³-hybridized carbons (Fsp3) is 0.846. The van der Waals surface area contributed by atoms with Crippen molar-refractivity contribution in [2.75, 3.05) is 0 Å². The highest BCUT2D eigenvalue weighted by Crippen LogP contribution is 2.09. The molecule has 106 valence electrons. The van der Waals surface area contributed by atoms with Gasteiger partial charge in [-0.1, -0.05) is 40.5 Å². The Kier molecular flexibility index (Phi) is 7.39. The van der Waals surface area contributed by atoms with E-state index in [0.29, 0.717) is 12.3 Å². The quantitative estimate of drug-likeness (QED) is 0.655. The first-order valence-corrected chi connectivity index (χ1v) is 6.63. The first-order chi connectivity index (χ1) is 8.33. The third-order valence-electron chi connectivity index (χ3n) is 3.62. The van der Waals surface area contributed by atoms with Crippen molar-refractivity contribution in [2.24, 2.45) is 11.8 Å². The van der Waals surface area contributed by atoms with E-state index in [0.717, 1.165) is 6.42 Å². The SMILES string of the molecule is CCC(C)C(C)NC(=O)N[C@H](C(=O)O)[C@@H](C)CC. The topological polar surface area (TPSA) is 78.4 Å². The molecule has 0 saturated heterocycles. The molecule has 0 aliphatic rings. The number of amides is 2. The molecule has 0 aromatic heterocycles. The second-order valence-corrected chi connectivity index (χ2v) is 4.99. The van der Waals surface area contributed by atoms with Crippen molar-refractivity contribution in [2.45, 2.75) is 59.5 Å². The molecule has 0 bridgehead atoms. The van der Waals surface area contributed by atoms with Crippen molar-refractivity contribution in [3.8, 4) is 0 Å². The number of carbonyl (C=O) groups excluding carboxylic acids is 1. The molecule has 0 aromatic carbocycles. The number of hydrogen-bond donors (Lipinski definition) is 3. The molecule has 4 atom stereocenters. The minimum absolute atomic E-state index is 0.0291. The normalized spacial score (nSPS) is 17.4. The molecule has 5 nitrogen and oxygen atoms in total. The lowest BCUT2D eigenvalue weighted by atomic mass is 9.99. The summed E-state index contributed by atoms with van der Waals surface area (Å²) < 4.78 is 0. The molecule has 0 fully saturated rings. The van der Waals surface area contributed by atoms with E-state index in [1.54, 1.807) is 0 Å². The average molecular weight is 258 g/mol. The summed E-state index contributed by atoms with van der Waals surface area (Å²) in [5.74, 6) is -0.717. The monoisotopic (exact) mass is 258 g/mol. The third kappa shape index (κ3) is 5.38. The number of carbonyl (C=O) groups is 2. The molecule has 2 amide bonds. The molecule has 18 heavy (non-hydrogen) atoms. The molecule has 3 N–H and O–H groups in total. The predicted octanol–water partition coefficient (Wildman–Crippen LogP) is 2.22. The smallest absolute Gasteiger partial charge is 0.326 e. The van der Waals surface area contributed by atoms with Crippen molar-refractivity contribution in [1.82, 2.24) is 10.6 Å².